The van der Waals surface area contributed by atoms with Crippen LogP contribution in [0.25, 0.3) is 0 Å². The summed E-state index contributed by atoms with van der Waals surface area (Å²) in [6.07, 6.45) is 0. The molecule has 7 heteroatoms. The zero-order chi connectivity index (χ0) is 14.9. The third kappa shape index (κ3) is 3.16. The highest BCUT2D eigenvalue weighted by Gasteiger charge is 2.15. The van der Waals surface area contributed by atoms with Crippen molar-refractivity contribution in [3.8, 4) is 0 Å². The highest BCUT2D eigenvalue weighted by Crippen LogP contribution is 2.27. The summed E-state index contributed by atoms with van der Waals surface area (Å²) < 4.78 is 27.6. The van der Waals surface area contributed by atoms with Crippen LogP contribution in [0, 0.1) is 11.6 Å². The number of halogens is 4. The zero-order valence-corrected chi connectivity index (χ0v) is 13.1. The third-order valence-electron chi connectivity index (χ3n) is 2.52. The molecular weight excluding hydrogens is 398 g/mol. The second-order valence-electron chi connectivity index (χ2n) is 3.93. The van der Waals surface area contributed by atoms with Crippen LogP contribution in [0.15, 0.2) is 39.3 Å². The Morgan fingerprint density at radius 3 is 2.40 bits per heavy atom. The topological polar surface area (TPSA) is 55.1 Å². The lowest BCUT2D eigenvalue weighted by atomic mass is 10.1. The number of carbonyl (C=O) groups is 1. The fourth-order valence-corrected chi connectivity index (χ4v) is 2.69. The van der Waals surface area contributed by atoms with Crippen LogP contribution < -0.4 is 11.1 Å². The number of nitrogen functional groups attached to an aromatic ring is 1. The van der Waals surface area contributed by atoms with Crippen LogP contribution in [-0.4, -0.2) is 5.91 Å². The summed E-state index contributed by atoms with van der Waals surface area (Å²) in [7, 11) is 0. The van der Waals surface area contributed by atoms with E-state index < -0.39 is 17.5 Å². The van der Waals surface area contributed by atoms with Crippen LogP contribution in [0.1, 0.15) is 10.4 Å². The molecular formula is C13H8Br2F2N2O. The minimum absolute atomic E-state index is 0.126. The average Bonchev–Trinajstić information content (AvgIpc) is 2.37. The molecule has 1 amide bonds. The SMILES string of the molecule is Nc1cc(F)c(F)cc1C(=O)Nc1ccc(Br)cc1Br. The first-order chi connectivity index (χ1) is 9.38. The van der Waals surface area contributed by atoms with Crippen LogP contribution in [0.4, 0.5) is 20.2 Å². The standard InChI is InChI=1S/C13H8Br2F2N2O/c14-6-1-2-12(8(15)3-6)19-13(20)7-4-9(16)10(17)5-11(7)18/h1-5H,18H2,(H,19,20). The minimum Gasteiger partial charge on any atom is -0.398 e. The molecule has 2 rings (SSSR count). The van der Waals surface area contributed by atoms with Gasteiger partial charge in [0.05, 0.1) is 11.3 Å². The summed E-state index contributed by atoms with van der Waals surface area (Å²) in [5.74, 6) is -2.84. The van der Waals surface area contributed by atoms with E-state index in [4.69, 9.17) is 5.73 Å². The number of amides is 1. The fraction of sp³-hybridized carbons (Fsp3) is 0. The van der Waals surface area contributed by atoms with Gasteiger partial charge >= 0.3 is 0 Å². The summed E-state index contributed by atoms with van der Waals surface area (Å²) >= 11 is 6.57. The lowest BCUT2D eigenvalue weighted by Gasteiger charge is -2.10. The van der Waals surface area contributed by atoms with Crippen molar-refractivity contribution in [2.45, 2.75) is 0 Å². The van der Waals surface area contributed by atoms with Gasteiger partial charge in [0.1, 0.15) is 0 Å². The maximum Gasteiger partial charge on any atom is 0.257 e. The summed E-state index contributed by atoms with van der Waals surface area (Å²) in [4.78, 5) is 12.0. The lowest BCUT2D eigenvalue weighted by Crippen LogP contribution is -2.15. The van der Waals surface area contributed by atoms with E-state index in [2.05, 4.69) is 37.2 Å². The summed E-state index contributed by atoms with van der Waals surface area (Å²) in [5.41, 5.74) is 5.75. The van der Waals surface area contributed by atoms with E-state index in [1.165, 1.54) is 0 Å². The molecule has 3 nitrogen and oxygen atoms in total. The molecule has 0 atom stereocenters. The summed E-state index contributed by atoms with van der Waals surface area (Å²) in [6.45, 7) is 0. The molecule has 0 spiro atoms. The zero-order valence-electron chi connectivity index (χ0n) is 9.88. The molecule has 0 saturated heterocycles. The number of carbonyl (C=O) groups excluding carboxylic acids is 1. The molecule has 0 aliphatic heterocycles. The van der Waals surface area contributed by atoms with E-state index in [0.717, 1.165) is 16.6 Å². The van der Waals surface area contributed by atoms with Gasteiger partial charge in [-0.05, 0) is 40.2 Å². The number of hydrogen-bond acceptors (Lipinski definition) is 2. The first-order valence-electron chi connectivity index (χ1n) is 5.39. The number of hydrogen-bond donors (Lipinski definition) is 2. The molecule has 0 bridgehead atoms. The molecule has 0 radical (unpaired) electrons. The molecule has 0 aliphatic carbocycles. The minimum atomic E-state index is -1.13. The molecule has 0 heterocycles. The van der Waals surface area contributed by atoms with Crippen molar-refractivity contribution >= 4 is 49.1 Å². The number of nitrogens with one attached hydrogen (secondary N) is 1. The van der Waals surface area contributed by atoms with Gasteiger partial charge in [0.25, 0.3) is 5.91 Å². The van der Waals surface area contributed by atoms with Crippen molar-refractivity contribution in [2.75, 3.05) is 11.1 Å². The van der Waals surface area contributed by atoms with E-state index in [-0.39, 0.29) is 11.3 Å². The Morgan fingerprint density at radius 1 is 1.10 bits per heavy atom. The molecule has 0 aliphatic rings. The van der Waals surface area contributed by atoms with Crippen LogP contribution >= 0.6 is 31.9 Å². The van der Waals surface area contributed by atoms with Gasteiger partial charge in [-0.2, -0.15) is 0 Å². The summed E-state index contributed by atoms with van der Waals surface area (Å²) in [6, 6.07) is 6.68. The highest BCUT2D eigenvalue weighted by atomic mass is 79.9. The Morgan fingerprint density at radius 2 is 1.75 bits per heavy atom. The van der Waals surface area contributed by atoms with E-state index >= 15 is 0 Å². The lowest BCUT2D eigenvalue weighted by molar-refractivity contribution is 0.102. The molecule has 0 saturated carbocycles. The second-order valence-corrected chi connectivity index (χ2v) is 5.70. The number of rotatable bonds is 2. The number of nitrogens with two attached hydrogens (primary N) is 1. The average molecular weight is 406 g/mol. The van der Waals surface area contributed by atoms with Gasteiger partial charge in [0.2, 0.25) is 0 Å². The maximum absolute atomic E-state index is 13.2. The Hall–Kier alpha value is -1.47. The van der Waals surface area contributed by atoms with Crippen LogP contribution in [0.2, 0.25) is 0 Å². The predicted octanol–water partition coefficient (Wildman–Crippen LogP) is 4.32. The Balaban J connectivity index is 2.31. The monoisotopic (exact) mass is 404 g/mol. The Bertz CT molecular complexity index is 692. The van der Waals surface area contributed by atoms with Gasteiger partial charge < -0.3 is 11.1 Å². The van der Waals surface area contributed by atoms with Gasteiger partial charge in [-0.3, -0.25) is 4.79 Å². The first-order valence-corrected chi connectivity index (χ1v) is 6.98. The van der Waals surface area contributed by atoms with Crippen molar-refractivity contribution < 1.29 is 13.6 Å². The van der Waals surface area contributed by atoms with Crippen LogP contribution in [0.3, 0.4) is 0 Å². The number of benzene rings is 2. The predicted molar refractivity (Wildman–Crippen MR) is 80.6 cm³/mol. The normalized spacial score (nSPS) is 10.4. The van der Waals surface area contributed by atoms with Crippen molar-refractivity contribution in [2.24, 2.45) is 0 Å². The third-order valence-corrected chi connectivity index (χ3v) is 3.67. The molecule has 2 aromatic carbocycles. The Labute approximate surface area is 130 Å². The van der Waals surface area contributed by atoms with Gasteiger partial charge in [0, 0.05) is 20.7 Å². The quantitative estimate of drug-likeness (QED) is 0.731. The van der Waals surface area contributed by atoms with Crippen molar-refractivity contribution in [3.05, 3.63) is 56.5 Å². The van der Waals surface area contributed by atoms with Gasteiger partial charge in [-0.25, -0.2) is 8.78 Å². The van der Waals surface area contributed by atoms with Crippen LogP contribution in [0.5, 0.6) is 0 Å². The van der Waals surface area contributed by atoms with Crippen molar-refractivity contribution in [1.82, 2.24) is 0 Å². The molecule has 20 heavy (non-hydrogen) atoms. The van der Waals surface area contributed by atoms with Gasteiger partial charge in [0.15, 0.2) is 11.6 Å². The molecule has 0 unspecified atom stereocenters. The number of anilines is 2. The van der Waals surface area contributed by atoms with Crippen molar-refractivity contribution in [1.29, 1.82) is 0 Å². The van der Waals surface area contributed by atoms with Crippen LogP contribution in [-0.2, 0) is 0 Å². The van der Waals surface area contributed by atoms with Gasteiger partial charge in [-0.1, -0.05) is 15.9 Å². The van der Waals surface area contributed by atoms with E-state index in [1.807, 2.05) is 0 Å². The largest absolute Gasteiger partial charge is 0.398 e. The van der Waals surface area contributed by atoms with E-state index in [1.54, 1.807) is 18.2 Å². The van der Waals surface area contributed by atoms with Gasteiger partial charge in [-0.15, -0.1) is 0 Å². The molecule has 0 fully saturated rings. The van der Waals surface area contributed by atoms with E-state index in [0.29, 0.717) is 10.2 Å². The molecule has 3 N–H and O–H groups in total. The highest BCUT2D eigenvalue weighted by molar-refractivity contribution is 9.11. The molecule has 104 valence electrons. The first kappa shape index (κ1) is 14.9. The van der Waals surface area contributed by atoms with Crippen molar-refractivity contribution in [3.63, 3.8) is 0 Å². The maximum atomic E-state index is 13.2. The summed E-state index contributed by atoms with van der Waals surface area (Å²) in [5, 5.41) is 2.57. The smallest absolute Gasteiger partial charge is 0.257 e. The fourth-order valence-electron chi connectivity index (χ4n) is 1.54. The van der Waals surface area contributed by atoms with E-state index in [9.17, 15) is 13.6 Å². The second kappa shape index (κ2) is 5.88. The molecule has 0 aromatic heterocycles. The Kier molecular flexibility index (Phi) is 4.39. The molecule has 2 aromatic rings.